The standard InChI is InChI=1S/C19H24ClN3O2/c1-2-25-18-5-3-15(11-16(18)14-24)13-22-7-9-23(10-8-22)19-6-4-17(20)12-21-19/h3-6,11-12,24H,2,7-10,13-14H2,1H3. The zero-order chi connectivity index (χ0) is 17.6. The molecule has 5 nitrogen and oxygen atoms in total. The molecule has 1 aliphatic heterocycles. The lowest BCUT2D eigenvalue weighted by Crippen LogP contribution is -2.46. The van der Waals surface area contributed by atoms with Crippen LogP contribution in [0.1, 0.15) is 18.1 Å². The van der Waals surface area contributed by atoms with Crippen LogP contribution >= 0.6 is 11.6 Å². The van der Waals surface area contributed by atoms with Gasteiger partial charge in [0.05, 0.1) is 18.2 Å². The minimum Gasteiger partial charge on any atom is -0.494 e. The fourth-order valence-corrected chi connectivity index (χ4v) is 3.21. The van der Waals surface area contributed by atoms with Gasteiger partial charge < -0.3 is 14.7 Å². The number of hydrogen-bond donors (Lipinski definition) is 1. The Bertz CT molecular complexity index is 686. The van der Waals surface area contributed by atoms with E-state index < -0.39 is 0 Å². The van der Waals surface area contributed by atoms with E-state index in [1.165, 1.54) is 5.56 Å². The molecule has 2 aromatic rings. The van der Waals surface area contributed by atoms with Crippen LogP contribution in [0.25, 0.3) is 0 Å². The largest absolute Gasteiger partial charge is 0.494 e. The first-order valence-corrected chi connectivity index (χ1v) is 9.01. The third-order valence-electron chi connectivity index (χ3n) is 4.41. The molecule has 1 N–H and O–H groups in total. The second-order valence-electron chi connectivity index (χ2n) is 6.13. The number of piperazine rings is 1. The summed E-state index contributed by atoms with van der Waals surface area (Å²) in [5.74, 6) is 1.75. The molecule has 1 aliphatic rings. The quantitative estimate of drug-likeness (QED) is 0.857. The van der Waals surface area contributed by atoms with Gasteiger partial charge >= 0.3 is 0 Å². The molecule has 2 heterocycles. The van der Waals surface area contributed by atoms with E-state index in [0.29, 0.717) is 11.6 Å². The molecule has 1 aromatic carbocycles. The summed E-state index contributed by atoms with van der Waals surface area (Å²) in [6.45, 7) is 7.27. The average Bonchev–Trinajstić information content (AvgIpc) is 2.64. The number of benzene rings is 1. The van der Waals surface area contributed by atoms with Gasteiger partial charge in [-0.15, -0.1) is 0 Å². The Balaban J connectivity index is 1.57. The summed E-state index contributed by atoms with van der Waals surface area (Å²) in [5, 5.41) is 10.2. The molecule has 1 fully saturated rings. The number of nitrogens with zero attached hydrogens (tertiary/aromatic N) is 3. The Hall–Kier alpha value is -1.82. The summed E-state index contributed by atoms with van der Waals surface area (Å²) in [6, 6.07) is 9.93. The predicted octanol–water partition coefficient (Wildman–Crippen LogP) is 2.95. The highest BCUT2D eigenvalue weighted by molar-refractivity contribution is 6.30. The van der Waals surface area contributed by atoms with E-state index in [0.717, 1.165) is 49.9 Å². The fraction of sp³-hybridized carbons (Fsp3) is 0.421. The molecule has 0 atom stereocenters. The van der Waals surface area contributed by atoms with Gasteiger partial charge in [-0.1, -0.05) is 17.7 Å². The van der Waals surface area contributed by atoms with Crippen LogP contribution in [-0.2, 0) is 13.2 Å². The second kappa shape index (κ2) is 8.52. The molecule has 0 amide bonds. The number of aliphatic hydroxyl groups is 1. The Labute approximate surface area is 153 Å². The first-order chi connectivity index (χ1) is 12.2. The molecule has 3 rings (SSSR count). The Morgan fingerprint density at radius 1 is 1.16 bits per heavy atom. The van der Waals surface area contributed by atoms with Crippen molar-refractivity contribution in [2.24, 2.45) is 0 Å². The number of pyridine rings is 1. The van der Waals surface area contributed by atoms with Gasteiger partial charge in [-0.25, -0.2) is 4.98 Å². The zero-order valence-corrected chi connectivity index (χ0v) is 15.2. The van der Waals surface area contributed by atoms with Gasteiger partial charge in [-0.2, -0.15) is 0 Å². The summed E-state index contributed by atoms with van der Waals surface area (Å²) in [4.78, 5) is 9.10. The van der Waals surface area contributed by atoms with Gasteiger partial charge in [0.2, 0.25) is 0 Å². The highest BCUT2D eigenvalue weighted by Crippen LogP contribution is 2.22. The van der Waals surface area contributed by atoms with Crippen molar-refractivity contribution in [3.8, 4) is 5.75 Å². The Morgan fingerprint density at radius 2 is 1.96 bits per heavy atom. The van der Waals surface area contributed by atoms with Gasteiger partial charge in [-0.05, 0) is 36.8 Å². The Kier molecular flexibility index (Phi) is 6.13. The van der Waals surface area contributed by atoms with Crippen LogP contribution in [0.5, 0.6) is 5.75 Å². The predicted molar refractivity (Wildman–Crippen MR) is 100 cm³/mol. The lowest BCUT2D eigenvalue weighted by molar-refractivity contribution is 0.247. The van der Waals surface area contributed by atoms with E-state index in [4.69, 9.17) is 16.3 Å². The lowest BCUT2D eigenvalue weighted by Gasteiger charge is -2.35. The van der Waals surface area contributed by atoms with Gasteiger partial charge in [0.25, 0.3) is 0 Å². The molecule has 0 saturated carbocycles. The van der Waals surface area contributed by atoms with E-state index in [2.05, 4.69) is 20.9 Å². The normalized spacial score (nSPS) is 15.4. The van der Waals surface area contributed by atoms with Crippen LogP contribution in [0.2, 0.25) is 5.02 Å². The molecular formula is C19H24ClN3O2. The fourth-order valence-electron chi connectivity index (χ4n) is 3.10. The molecular weight excluding hydrogens is 338 g/mol. The lowest BCUT2D eigenvalue weighted by atomic mass is 10.1. The molecule has 1 aromatic heterocycles. The van der Waals surface area contributed by atoms with Gasteiger partial charge in [-0.3, -0.25) is 4.90 Å². The molecule has 0 unspecified atom stereocenters. The first kappa shape index (κ1) is 18.0. The zero-order valence-electron chi connectivity index (χ0n) is 14.5. The van der Waals surface area contributed by atoms with Crippen molar-refractivity contribution in [3.63, 3.8) is 0 Å². The van der Waals surface area contributed by atoms with Crippen LogP contribution in [-0.4, -0.2) is 47.8 Å². The number of aromatic nitrogens is 1. The number of ether oxygens (including phenoxy) is 1. The number of rotatable bonds is 6. The van der Waals surface area contributed by atoms with Crippen molar-refractivity contribution in [2.75, 3.05) is 37.7 Å². The van der Waals surface area contributed by atoms with Crippen LogP contribution in [0.15, 0.2) is 36.5 Å². The summed E-state index contributed by atoms with van der Waals surface area (Å²) < 4.78 is 5.55. The van der Waals surface area contributed by atoms with Crippen LogP contribution < -0.4 is 9.64 Å². The van der Waals surface area contributed by atoms with E-state index in [1.54, 1.807) is 6.20 Å². The topological polar surface area (TPSA) is 48.8 Å². The average molecular weight is 362 g/mol. The Morgan fingerprint density at radius 3 is 2.60 bits per heavy atom. The summed E-state index contributed by atoms with van der Waals surface area (Å²) in [5.41, 5.74) is 2.05. The van der Waals surface area contributed by atoms with Gasteiger partial charge in [0.15, 0.2) is 0 Å². The SMILES string of the molecule is CCOc1ccc(CN2CCN(c3ccc(Cl)cn3)CC2)cc1CO. The van der Waals surface area contributed by atoms with Crippen LogP contribution in [0.3, 0.4) is 0 Å². The first-order valence-electron chi connectivity index (χ1n) is 8.64. The molecule has 0 bridgehead atoms. The molecule has 0 radical (unpaired) electrons. The van der Waals surface area contributed by atoms with Crippen molar-refractivity contribution in [1.29, 1.82) is 0 Å². The van der Waals surface area contributed by atoms with Crippen molar-refractivity contribution >= 4 is 17.4 Å². The third kappa shape index (κ3) is 4.63. The van der Waals surface area contributed by atoms with Crippen molar-refractivity contribution < 1.29 is 9.84 Å². The number of anilines is 1. The highest BCUT2D eigenvalue weighted by atomic mass is 35.5. The molecule has 0 spiro atoms. The smallest absolute Gasteiger partial charge is 0.128 e. The second-order valence-corrected chi connectivity index (χ2v) is 6.57. The number of halogens is 1. The minimum atomic E-state index is -0.000806. The van der Waals surface area contributed by atoms with Crippen molar-refractivity contribution in [3.05, 3.63) is 52.7 Å². The van der Waals surface area contributed by atoms with E-state index in [9.17, 15) is 5.11 Å². The van der Waals surface area contributed by atoms with E-state index in [-0.39, 0.29) is 6.61 Å². The number of hydrogen-bond acceptors (Lipinski definition) is 5. The van der Waals surface area contributed by atoms with Crippen LogP contribution in [0, 0.1) is 0 Å². The van der Waals surface area contributed by atoms with Crippen molar-refractivity contribution in [2.45, 2.75) is 20.1 Å². The summed E-state index contributed by atoms with van der Waals surface area (Å²) in [6.07, 6.45) is 1.69. The van der Waals surface area contributed by atoms with Gasteiger partial charge in [0.1, 0.15) is 11.6 Å². The van der Waals surface area contributed by atoms with Crippen molar-refractivity contribution in [1.82, 2.24) is 9.88 Å². The van der Waals surface area contributed by atoms with Gasteiger partial charge in [0, 0.05) is 44.5 Å². The number of aliphatic hydroxyl groups excluding tert-OH is 1. The monoisotopic (exact) mass is 361 g/mol. The van der Waals surface area contributed by atoms with E-state index >= 15 is 0 Å². The highest BCUT2D eigenvalue weighted by Gasteiger charge is 2.18. The molecule has 0 aliphatic carbocycles. The summed E-state index contributed by atoms with van der Waals surface area (Å²) >= 11 is 5.90. The maximum absolute atomic E-state index is 9.54. The van der Waals surface area contributed by atoms with E-state index in [1.807, 2.05) is 31.2 Å². The third-order valence-corrected chi connectivity index (χ3v) is 4.63. The molecule has 1 saturated heterocycles. The molecule has 134 valence electrons. The molecule has 25 heavy (non-hydrogen) atoms. The minimum absolute atomic E-state index is 0.000806. The summed E-state index contributed by atoms with van der Waals surface area (Å²) in [7, 11) is 0. The maximum atomic E-state index is 9.54. The van der Waals surface area contributed by atoms with Crippen LogP contribution in [0.4, 0.5) is 5.82 Å². The maximum Gasteiger partial charge on any atom is 0.128 e. The molecule has 6 heteroatoms.